The van der Waals surface area contributed by atoms with E-state index in [0.29, 0.717) is 10.6 Å². The number of nitrogen functional groups attached to an aromatic ring is 1. The van der Waals surface area contributed by atoms with Crippen molar-refractivity contribution < 1.29 is 12.8 Å². The molecule has 0 fully saturated rings. The van der Waals surface area contributed by atoms with Crippen molar-refractivity contribution in [3.63, 3.8) is 0 Å². The van der Waals surface area contributed by atoms with E-state index in [-0.39, 0.29) is 10.0 Å². The van der Waals surface area contributed by atoms with Crippen molar-refractivity contribution in [1.29, 1.82) is 0 Å². The molecule has 0 amide bonds. The van der Waals surface area contributed by atoms with E-state index in [1.165, 1.54) is 18.2 Å². The molecule has 0 radical (unpaired) electrons. The topological polar surface area (TPSA) is 85.9 Å². The molecule has 9 heteroatoms. The summed E-state index contributed by atoms with van der Waals surface area (Å²) in [6.45, 7) is 0. The predicted octanol–water partition coefficient (Wildman–Crippen LogP) is 5.19. The second-order valence-electron chi connectivity index (χ2n) is 6.18. The van der Waals surface area contributed by atoms with Crippen molar-refractivity contribution >= 4 is 36.2 Å². The Kier molecular flexibility index (Phi) is 5.08. The average molecular weight is 446 g/mol. The Morgan fingerprint density at radius 2 is 1.48 bits per heavy atom. The number of halogens is 2. The molecule has 29 heavy (non-hydrogen) atoms. The number of nitrogens with zero attached hydrogens (tertiary/aromatic N) is 2. The third-order valence-corrected chi connectivity index (χ3v) is 6.44. The highest BCUT2D eigenvalue weighted by atomic mass is 35.7. The molecule has 0 saturated heterocycles. The van der Waals surface area contributed by atoms with Crippen LogP contribution >= 0.6 is 22.0 Å². The minimum atomic E-state index is -3.80. The van der Waals surface area contributed by atoms with E-state index in [0.717, 1.165) is 33.6 Å². The predicted molar refractivity (Wildman–Crippen MR) is 114 cm³/mol. The molecule has 0 saturated carbocycles. The van der Waals surface area contributed by atoms with E-state index in [4.69, 9.17) is 16.4 Å². The molecule has 0 unspecified atom stereocenters. The molecule has 0 aliphatic heterocycles. The van der Waals surface area contributed by atoms with Crippen molar-refractivity contribution in [3.05, 3.63) is 72.5 Å². The van der Waals surface area contributed by atoms with Gasteiger partial charge in [0.2, 0.25) is 5.13 Å². The fourth-order valence-corrected chi connectivity index (χ4v) is 4.32. The molecule has 0 spiro atoms. The van der Waals surface area contributed by atoms with Gasteiger partial charge in [-0.05, 0) is 46.5 Å². The highest BCUT2D eigenvalue weighted by molar-refractivity contribution is 8.13. The van der Waals surface area contributed by atoms with Crippen LogP contribution < -0.4 is 5.73 Å². The minimum absolute atomic E-state index is 0.0419. The molecule has 0 atom stereocenters. The highest BCUT2D eigenvalue weighted by Gasteiger charge is 2.13. The summed E-state index contributed by atoms with van der Waals surface area (Å²) < 4.78 is 37.3. The van der Waals surface area contributed by atoms with Gasteiger partial charge >= 0.3 is 0 Å². The zero-order valence-corrected chi connectivity index (χ0v) is 17.1. The van der Waals surface area contributed by atoms with Crippen LogP contribution in [0.5, 0.6) is 0 Å². The monoisotopic (exact) mass is 445 g/mol. The van der Waals surface area contributed by atoms with Crippen LogP contribution in [0.4, 0.5) is 9.52 Å². The van der Waals surface area contributed by atoms with Crippen LogP contribution in [0.1, 0.15) is 0 Å². The summed E-state index contributed by atoms with van der Waals surface area (Å²) in [5, 5.41) is 8.33. The summed E-state index contributed by atoms with van der Waals surface area (Å²) in [5.41, 5.74) is 9.16. The normalized spacial score (nSPS) is 11.5. The van der Waals surface area contributed by atoms with Gasteiger partial charge in [-0.15, -0.1) is 10.2 Å². The van der Waals surface area contributed by atoms with Gasteiger partial charge in [0.05, 0.1) is 4.90 Å². The van der Waals surface area contributed by atoms with Gasteiger partial charge in [-0.25, -0.2) is 12.8 Å². The third-order valence-electron chi connectivity index (χ3n) is 4.30. The zero-order chi connectivity index (χ0) is 20.6. The van der Waals surface area contributed by atoms with Gasteiger partial charge in [0.25, 0.3) is 9.05 Å². The smallest absolute Gasteiger partial charge is 0.261 e. The van der Waals surface area contributed by atoms with Crippen molar-refractivity contribution in [2.45, 2.75) is 4.90 Å². The Balaban J connectivity index is 1.69. The maximum absolute atomic E-state index is 14.2. The van der Waals surface area contributed by atoms with Crippen molar-refractivity contribution in [2.24, 2.45) is 0 Å². The largest absolute Gasteiger partial charge is 0.374 e. The molecule has 3 aromatic carbocycles. The molecule has 0 bridgehead atoms. The molecule has 4 aromatic rings. The van der Waals surface area contributed by atoms with Crippen LogP contribution in [-0.2, 0) is 9.05 Å². The first-order chi connectivity index (χ1) is 13.8. The summed E-state index contributed by atoms with van der Waals surface area (Å²) >= 11 is 1.12. The number of aromatic nitrogens is 2. The lowest BCUT2D eigenvalue weighted by molar-refractivity contribution is 0.609. The summed E-state index contributed by atoms with van der Waals surface area (Å²) in [6.07, 6.45) is 0. The number of hydrogen-bond acceptors (Lipinski definition) is 6. The van der Waals surface area contributed by atoms with Gasteiger partial charge in [0, 0.05) is 16.2 Å². The number of rotatable bonds is 4. The summed E-state index contributed by atoms with van der Waals surface area (Å²) in [7, 11) is 1.63. The summed E-state index contributed by atoms with van der Waals surface area (Å²) in [6, 6.07) is 18.6. The fraction of sp³-hybridized carbons (Fsp3) is 0. The molecule has 1 aromatic heterocycles. The Morgan fingerprint density at radius 1 is 0.862 bits per heavy atom. The molecule has 1 heterocycles. The Hall–Kier alpha value is -2.81. The molecular formula is C20H13ClFN3O2S2. The second kappa shape index (κ2) is 7.55. The van der Waals surface area contributed by atoms with Crippen LogP contribution in [0.2, 0.25) is 0 Å². The minimum Gasteiger partial charge on any atom is -0.374 e. The standard InChI is InChI=1S/C20H13ClFN3O2S2/c21-29(26,27)16-3-1-2-14(10-16)12-4-6-13(7-5-12)15-8-9-18(22)17(11-15)19-24-25-20(23)28-19/h1-11H,(H2,23,25). The van der Waals surface area contributed by atoms with Gasteiger partial charge in [-0.3, -0.25) is 0 Å². The number of benzene rings is 3. The van der Waals surface area contributed by atoms with E-state index >= 15 is 0 Å². The van der Waals surface area contributed by atoms with E-state index < -0.39 is 14.9 Å². The third kappa shape index (κ3) is 4.14. The van der Waals surface area contributed by atoms with E-state index in [9.17, 15) is 12.8 Å². The quantitative estimate of drug-likeness (QED) is 0.437. The SMILES string of the molecule is Nc1nnc(-c2cc(-c3ccc(-c4cccc(S(=O)(=O)Cl)c4)cc3)ccc2F)s1. The Bertz CT molecular complexity index is 1310. The molecular weight excluding hydrogens is 433 g/mol. The van der Waals surface area contributed by atoms with Gasteiger partial charge in [0.15, 0.2) is 5.01 Å². The summed E-state index contributed by atoms with van der Waals surface area (Å²) in [5.74, 6) is -0.402. The van der Waals surface area contributed by atoms with Crippen LogP contribution in [0.25, 0.3) is 32.8 Å². The molecule has 5 nitrogen and oxygen atoms in total. The van der Waals surface area contributed by atoms with Crippen LogP contribution in [-0.4, -0.2) is 18.6 Å². The lowest BCUT2D eigenvalue weighted by Crippen LogP contribution is -1.91. The molecule has 2 N–H and O–H groups in total. The number of hydrogen-bond donors (Lipinski definition) is 1. The highest BCUT2D eigenvalue weighted by Crippen LogP contribution is 2.32. The number of anilines is 1. The van der Waals surface area contributed by atoms with Crippen molar-refractivity contribution in [3.8, 4) is 32.8 Å². The average Bonchev–Trinajstić information content (AvgIpc) is 3.14. The second-order valence-corrected chi connectivity index (χ2v) is 9.76. The van der Waals surface area contributed by atoms with Crippen molar-refractivity contribution in [1.82, 2.24) is 10.2 Å². The van der Waals surface area contributed by atoms with Gasteiger partial charge in [0.1, 0.15) is 5.82 Å². The maximum Gasteiger partial charge on any atom is 0.261 e. The van der Waals surface area contributed by atoms with Crippen molar-refractivity contribution in [2.75, 3.05) is 5.73 Å². The molecule has 0 aliphatic carbocycles. The Labute approximate surface area is 175 Å². The Morgan fingerprint density at radius 3 is 2.07 bits per heavy atom. The van der Waals surface area contributed by atoms with Crippen LogP contribution in [0.3, 0.4) is 0 Å². The van der Waals surface area contributed by atoms with Gasteiger partial charge in [-0.1, -0.05) is 53.8 Å². The van der Waals surface area contributed by atoms with Crippen LogP contribution in [0.15, 0.2) is 71.6 Å². The molecule has 146 valence electrons. The lowest BCUT2D eigenvalue weighted by atomic mass is 9.99. The maximum atomic E-state index is 14.2. The van der Waals surface area contributed by atoms with Gasteiger partial charge in [-0.2, -0.15) is 0 Å². The van der Waals surface area contributed by atoms with Gasteiger partial charge < -0.3 is 5.73 Å². The first-order valence-electron chi connectivity index (χ1n) is 8.36. The fourth-order valence-electron chi connectivity index (χ4n) is 2.89. The first-order valence-corrected chi connectivity index (χ1v) is 11.5. The summed E-state index contributed by atoms with van der Waals surface area (Å²) in [4.78, 5) is 0.0419. The van der Waals surface area contributed by atoms with Crippen LogP contribution in [0, 0.1) is 5.82 Å². The van der Waals surface area contributed by atoms with E-state index in [2.05, 4.69) is 10.2 Å². The lowest BCUT2D eigenvalue weighted by Gasteiger charge is -2.08. The molecule has 4 rings (SSSR count). The molecule has 0 aliphatic rings. The number of nitrogens with two attached hydrogens (primary N) is 1. The first kappa shape index (κ1) is 19.5. The zero-order valence-electron chi connectivity index (χ0n) is 14.7. The van der Waals surface area contributed by atoms with E-state index in [1.807, 2.05) is 24.3 Å². The van der Waals surface area contributed by atoms with E-state index in [1.54, 1.807) is 24.3 Å².